The molecule has 0 aliphatic rings. The van der Waals surface area contributed by atoms with Crippen LogP contribution in [0.1, 0.15) is 47.5 Å². The van der Waals surface area contributed by atoms with Crippen LogP contribution in [0.4, 0.5) is 10.5 Å². The van der Waals surface area contributed by atoms with E-state index in [0.29, 0.717) is 24.5 Å². The Labute approximate surface area is 152 Å². The number of carbonyl (C=O) groups is 2. The first-order valence-electron chi connectivity index (χ1n) is 8.40. The molecule has 0 spiro atoms. The Kier molecular flexibility index (Phi) is 23.8. The smallest absolute Gasteiger partial charge is 0.319 e. The normalized spacial score (nSPS) is 8.60. The van der Waals surface area contributed by atoms with E-state index in [1.54, 1.807) is 24.3 Å². The Morgan fingerprint density at radius 1 is 1.24 bits per heavy atom. The minimum Gasteiger partial charge on any atom is -0.427 e. The number of carbonyl (C=O) groups excluding carboxylic acids is 2. The number of anilines is 1. The van der Waals surface area contributed by atoms with Crippen LogP contribution in [0.25, 0.3) is 0 Å². The van der Waals surface area contributed by atoms with Crippen LogP contribution in [0.15, 0.2) is 36.4 Å². The van der Waals surface area contributed by atoms with Crippen molar-refractivity contribution in [3.8, 4) is 5.75 Å². The number of aliphatic hydroxyl groups excluding tert-OH is 1. The second-order valence-corrected chi connectivity index (χ2v) is 4.32. The zero-order valence-electron chi connectivity index (χ0n) is 16.4. The average molecular weight is 354 g/mol. The van der Waals surface area contributed by atoms with Gasteiger partial charge in [0.15, 0.2) is 5.75 Å². The van der Waals surface area contributed by atoms with Crippen LogP contribution in [0.3, 0.4) is 0 Å². The number of rotatable bonds is 5. The summed E-state index contributed by atoms with van der Waals surface area (Å²) < 4.78 is 4.68. The van der Waals surface area contributed by atoms with E-state index < -0.39 is 6.03 Å². The summed E-state index contributed by atoms with van der Waals surface area (Å²) in [6.45, 7) is 10.7. The van der Waals surface area contributed by atoms with Gasteiger partial charge < -0.3 is 15.6 Å². The quantitative estimate of drug-likeness (QED) is 0.614. The van der Waals surface area contributed by atoms with Crippen LogP contribution in [-0.2, 0) is 4.79 Å². The molecular weight excluding hydrogens is 320 g/mol. The van der Waals surface area contributed by atoms with Crippen LogP contribution in [0.2, 0.25) is 0 Å². The number of primary amides is 1. The molecule has 0 aliphatic heterocycles. The number of allylic oxidation sites excluding steroid dienone is 2. The summed E-state index contributed by atoms with van der Waals surface area (Å²) in [4.78, 5) is 22.2. The predicted molar refractivity (Wildman–Crippen MR) is 105 cm³/mol. The number of aliphatic hydroxyl groups is 1. The molecule has 0 aliphatic carbocycles. The Bertz CT molecular complexity index is 456. The maximum Gasteiger partial charge on any atom is 0.319 e. The molecule has 0 saturated carbocycles. The first-order chi connectivity index (χ1) is 12.0. The van der Waals surface area contributed by atoms with Gasteiger partial charge in [0.1, 0.15) is 0 Å². The largest absolute Gasteiger partial charge is 0.427 e. The fourth-order valence-electron chi connectivity index (χ4n) is 1.16. The Morgan fingerprint density at radius 3 is 2.08 bits per heavy atom. The lowest BCUT2D eigenvalue weighted by Crippen LogP contribution is -2.32. The first-order valence-corrected chi connectivity index (χ1v) is 8.40. The molecule has 0 fully saturated rings. The summed E-state index contributed by atoms with van der Waals surface area (Å²) in [5, 5.41) is 8.07. The van der Waals surface area contributed by atoms with E-state index in [0.717, 1.165) is 12.8 Å². The molecule has 3 N–H and O–H groups in total. The number of hydrogen-bond donors (Lipinski definition) is 2. The maximum absolute atomic E-state index is 10.9. The molecule has 0 saturated heterocycles. The third kappa shape index (κ3) is 16.3. The fourth-order valence-corrected chi connectivity index (χ4v) is 1.16. The van der Waals surface area contributed by atoms with Crippen molar-refractivity contribution in [2.75, 3.05) is 18.6 Å². The molecule has 1 aromatic carbocycles. The van der Waals surface area contributed by atoms with Crippen LogP contribution >= 0.6 is 0 Å². The summed E-state index contributed by atoms with van der Waals surface area (Å²) in [7, 11) is 1.50. The van der Waals surface area contributed by atoms with Gasteiger partial charge in [-0.1, -0.05) is 51.5 Å². The van der Waals surface area contributed by atoms with Crippen molar-refractivity contribution in [3.05, 3.63) is 36.4 Å². The Balaban J connectivity index is -0.000000365. The molecule has 144 valence electrons. The number of para-hydroxylation sites is 2. The SMILES string of the molecule is C/C=C\C.CC.CCCCO.CN(C(N)=O)c1ccccc1OC=O. The summed E-state index contributed by atoms with van der Waals surface area (Å²) in [6, 6.07) is 5.99. The van der Waals surface area contributed by atoms with Crippen LogP contribution in [-0.4, -0.2) is 31.3 Å². The van der Waals surface area contributed by atoms with Gasteiger partial charge in [-0.15, -0.1) is 0 Å². The number of urea groups is 1. The highest BCUT2D eigenvalue weighted by Gasteiger charge is 2.11. The van der Waals surface area contributed by atoms with E-state index in [-0.39, 0.29) is 0 Å². The number of ether oxygens (including phenoxy) is 1. The van der Waals surface area contributed by atoms with Crippen molar-refractivity contribution in [1.29, 1.82) is 0 Å². The van der Waals surface area contributed by atoms with E-state index in [1.165, 1.54) is 11.9 Å². The molecule has 0 radical (unpaired) electrons. The Morgan fingerprint density at radius 2 is 1.76 bits per heavy atom. The van der Waals surface area contributed by atoms with E-state index in [2.05, 4.69) is 11.7 Å². The molecule has 6 heteroatoms. The van der Waals surface area contributed by atoms with Gasteiger partial charge in [0.2, 0.25) is 0 Å². The number of nitrogens with zero attached hydrogens (tertiary/aromatic N) is 1. The highest BCUT2D eigenvalue weighted by atomic mass is 16.5. The fraction of sp³-hybridized carbons (Fsp3) is 0.474. The molecule has 25 heavy (non-hydrogen) atoms. The minimum absolute atomic E-state index is 0.295. The number of hydrogen-bond acceptors (Lipinski definition) is 4. The van der Waals surface area contributed by atoms with Crippen molar-refractivity contribution < 1.29 is 19.4 Å². The topological polar surface area (TPSA) is 92.9 Å². The van der Waals surface area contributed by atoms with Gasteiger partial charge in [-0.05, 0) is 32.4 Å². The monoisotopic (exact) mass is 354 g/mol. The number of benzene rings is 1. The van der Waals surface area contributed by atoms with Crippen LogP contribution in [0, 0.1) is 0 Å². The summed E-state index contributed by atoms with van der Waals surface area (Å²) in [5.74, 6) is 0.295. The molecule has 0 heterocycles. The second-order valence-electron chi connectivity index (χ2n) is 4.32. The zero-order valence-corrected chi connectivity index (χ0v) is 16.4. The Hall–Kier alpha value is -2.34. The summed E-state index contributed by atoms with van der Waals surface area (Å²) in [6.07, 6.45) is 6.04. The lowest BCUT2D eigenvalue weighted by molar-refractivity contribution is -0.120. The predicted octanol–water partition coefficient (Wildman–Crippen LogP) is 4.12. The molecule has 0 bridgehead atoms. The van der Waals surface area contributed by atoms with Gasteiger partial charge >= 0.3 is 6.03 Å². The van der Waals surface area contributed by atoms with Crippen LogP contribution < -0.4 is 15.4 Å². The highest BCUT2D eigenvalue weighted by molar-refractivity contribution is 5.92. The van der Waals surface area contributed by atoms with Gasteiger partial charge in [0.05, 0.1) is 5.69 Å². The molecule has 6 nitrogen and oxygen atoms in total. The van der Waals surface area contributed by atoms with Crippen molar-refractivity contribution in [2.24, 2.45) is 5.73 Å². The van der Waals surface area contributed by atoms with Crippen molar-refractivity contribution >= 4 is 18.2 Å². The average Bonchev–Trinajstić information content (AvgIpc) is 2.65. The third-order valence-corrected chi connectivity index (χ3v) is 2.58. The van der Waals surface area contributed by atoms with Crippen LogP contribution in [0.5, 0.6) is 5.75 Å². The number of unbranched alkanes of at least 4 members (excludes halogenated alkanes) is 1. The number of amides is 2. The first kappa shape index (κ1) is 27.5. The molecule has 0 atom stereocenters. The molecule has 1 aromatic rings. The van der Waals surface area contributed by atoms with Gasteiger partial charge in [-0.2, -0.15) is 0 Å². The third-order valence-electron chi connectivity index (χ3n) is 2.58. The molecule has 2 amide bonds. The van der Waals surface area contributed by atoms with Crippen molar-refractivity contribution in [1.82, 2.24) is 0 Å². The lowest BCUT2D eigenvalue weighted by Gasteiger charge is -2.16. The summed E-state index contributed by atoms with van der Waals surface area (Å²) in [5.41, 5.74) is 5.53. The maximum atomic E-state index is 10.9. The standard InChI is InChI=1S/C9H10N2O3.C4H10O.C4H8.C2H6/c1-11(9(10)13)7-4-2-3-5-8(7)14-6-12;1-2-3-4-5;1-3-4-2;1-2/h2-6H,1H3,(H2,10,13);5H,2-4H2,1H3;3-4H,1-2H3;1-2H3/b;;4-3-;. The molecule has 0 unspecified atom stereocenters. The highest BCUT2D eigenvalue weighted by Crippen LogP contribution is 2.26. The van der Waals surface area contributed by atoms with E-state index >= 15 is 0 Å². The van der Waals surface area contributed by atoms with Crippen molar-refractivity contribution in [2.45, 2.75) is 47.5 Å². The molecule has 1 rings (SSSR count). The van der Waals surface area contributed by atoms with E-state index in [1.807, 2.05) is 39.8 Å². The molecule has 0 aromatic heterocycles. The van der Waals surface area contributed by atoms with E-state index in [9.17, 15) is 9.59 Å². The van der Waals surface area contributed by atoms with Gasteiger partial charge in [0.25, 0.3) is 6.47 Å². The van der Waals surface area contributed by atoms with E-state index in [4.69, 9.17) is 10.8 Å². The summed E-state index contributed by atoms with van der Waals surface area (Å²) >= 11 is 0. The minimum atomic E-state index is -0.619. The molecular formula is C19H34N2O4. The lowest BCUT2D eigenvalue weighted by atomic mass is 10.3. The van der Waals surface area contributed by atoms with Gasteiger partial charge in [-0.25, -0.2) is 4.79 Å². The van der Waals surface area contributed by atoms with Crippen molar-refractivity contribution in [3.63, 3.8) is 0 Å². The second kappa shape index (κ2) is 21.7. The zero-order chi connectivity index (χ0) is 20.1. The van der Waals surface area contributed by atoms with Gasteiger partial charge in [0, 0.05) is 13.7 Å². The number of nitrogens with two attached hydrogens (primary N) is 1. The van der Waals surface area contributed by atoms with Gasteiger partial charge in [-0.3, -0.25) is 9.69 Å².